The first kappa shape index (κ1) is 15.0. The molecule has 1 aliphatic heterocycles. The lowest BCUT2D eigenvalue weighted by Gasteiger charge is -2.32. The van der Waals surface area contributed by atoms with Gasteiger partial charge in [0.15, 0.2) is 0 Å². The van der Waals surface area contributed by atoms with Crippen LogP contribution < -0.4 is 5.43 Å². The Bertz CT molecular complexity index is 685. The lowest BCUT2D eigenvalue weighted by atomic mass is 10.2. The summed E-state index contributed by atoms with van der Waals surface area (Å²) in [7, 11) is 2.10. The van der Waals surface area contributed by atoms with Crippen LogP contribution in [0.25, 0.3) is 5.65 Å². The van der Waals surface area contributed by atoms with E-state index in [1.165, 1.54) is 0 Å². The number of rotatable bonds is 3. The summed E-state index contributed by atoms with van der Waals surface area (Å²) >= 11 is 0. The van der Waals surface area contributed by atoms with Gasteiger partial charge in [0.2, 0.25) is 0 Å². The number of hydrazine groups is 1. The molecule has 0 atom stereocenters. The maximum atomic E-state index is 12.7. The van der Waals surface area contributed by atoms with Crippen LogP contribution in [0, 0.1) is 6.92 Å². The Morgan fingerprint density at radius 2 is 2.05 bits per heavy atom. The van der Waals surface area contributed by atoms with E-state index < -0.39 is 0 Å². The third-order valence-electron chi connectivity index (χ3n) is 4.17. The van der Waals surface area contributed by atoms with E-state index in [1.54, 1.807) is 0 Å². The fraction of sp³-hybridized carbons (Fsp3) is 0.500. The van der Waals surface area contributed by atoms with Crippen molar-refractivity contribution in [3.05, 3.63) is 35.3 Å². The van der Waals surface area contributed by atoms with E-state index in [1.807, 2.05) is 41.6 Å². The minimum Gasteiger partial charge on any atom is -0.304 e. The molecule has 6 heteroatoms. The van der Waals surface area contributed by atoms with E-state index in [2.05, 4.69) is 22.4 Å². The molecule has 1 saturated heterocycles. The Morgan fingerprint density at radius 3 is 2.73 bits per heavy atom. The van der Waals surface area contributed by atoms with Crippen molar-refractivity contribution in [1.82, 2.24) is 24.7 Å². The number of hydrogen-bond donors (Lipinski definition) is 1. The first-order valence-electron chi connectivity index (χ1n) is 7.80. The average Bonchev–Trinajstić information content (AvgIpc) is 2.87. The fourth-order valence-corrected chi connectivity index (χ4v) is 2.80. The number of imidazole rings is 1. The minimum absolute atomic E-state index is 0.0715. The monoisotopic (exact) mass is 301 g/mol. The molecule has 1 aliphatic rings. The standard InChI is InChI=1S/C16H23N5O/c1-4-13-15(21-6-5-12(2)11-14(21)17-13)16(22)18-20-9-7-19(3)8-10-20/h5-6,11H,4,7-10H2,1-3H3,(H,18,22). The van der Waals surface area contributed by atoms with Crippen molar-refractivity contribution in [2.75, 3.05) is 33.2 Å². The van der Waals surface area contributed by atoms with Crippen molar-refractivity contribution in [3.8, 4) is 0 Å². The zero-order chi connectivity index (χ0) is 15.7. The minimum atomic E-state index is -0.0715. The molecule has 2 aromatic heterocycles. The van der Waals surface area contributed by atoms with Crippen LogP contribution in [-0.4, -0.2) is 58.4 Å². The molecular weight excluding hydrogens is 278 g/mol. The van der Waals surface area contributed by atoms with Gasteiger partial charge < -0.3 is 4.90 Å². The molecule has 22 heavy (non-hydrogen) atoms. The second-order valence-electron chi connectivity index (χ2n) is 5.92. The number of pyridine rings is 1. The number of carbonyl (C=O) groups excluding carboxylic acids is 1. The van der Waals surface area contributed by atoms with Gasteiger partial charge in [0.25, 0.3) is 5.91 Å². The molecule has 0 bridgehead atoms. The van der Waals surface area contributed by atoms with E-state index >= 15 is 0 Å². The maximum absolute atomic E-state index is 12.7. The van der Waals surface area contributed by atoms with Crippen molar-refractivity contribution in [3.63, 3.8) is 0 Å². The van der Waals surface area contributed by atoms with E-state index in [4.69, 9.17) is 0 Å². The van der Waals surface area contributed by atoms with Crippen molar-refractivity contribution >= 4 is 11.6 Å². The van der Waals surface area contributed by atoms with Crippen LogP contribution in [0.2, 0.25) is 0 Å². The summed E-state index contributed by atoms with van der Waals surface area (Å²) in [6.45, 7) is 7.69. The van der Waals surface area contributed by atoms with Gasteiger partial charge in [-0.25, -0.2) is 9.99 Å². The smallest absolute Gasteiger partial charge is 0.284 e. The number of aryl methyl sites for hydroxylation is 2. The third kappa shape index (κ3) is 2.84. The molecule has 1 N–H and O–H groups in total. The number of piperazine rings is 1. The molecular formula is C16H23N5O. The summed E-state index contributed by atoms with van der Waals surface area (Å²) in [5, 5.41) is 2.00. The van der Waals surface area contributed by atoms with Crippen LogP contribution in [0.3, 0.4) is 0 Å². The first-order valence-corrected chi connectivity index (χ1v) is 7.80. The molecule has 6 nitrogen and oxygen atoms in total. The van der Waals surface area contributed by atoms with Gasteiger partial charge in [-0.1, -0.05) is 6.92 Å². The van der Waals surface area contributed by atoms with Crippen LogP contribution in [0.15, 0.2) is 18.3 Å². The van der Waals surface area contributed by atoms with Gasteiger partial charge in [0, 0.05) is 32.4 Å². The number of likely N-dealkylation sites (N-methyl/N-ethyl adjacent to an activating group) is 1. The highest BCUT2D eigenvalue weighted by molar-refractivity contribution is 5.94. The second-order valence-corrected chi connectivity index (χ2v) is 5.92. The molecule has 3 heterocycles. The Kier molecular flexibility index (Phi) is 4.13. The molecule has 0 spiro atoms. The van der Waals surface area contributed by atoms with E-state index in [0.717, 1.165) is 49.5 Å². The SMILES string of the molecule is CCc1nc2cc(C)ccn2c1C(=O)NN1CCN(C)CC1. The molecule has 3 rings (SSSR count). The number of carbonyl (C=O) groups is 1. The van der Waals surface area contributed by atoms with Crippen molar-refractivity contribution in [1.29, 1.82) is 0 Å². The van der Waals surface area contributed by atoms with Gasteiger partial charge in [0.1, 0.15) is 11.3 Å². The summed E-state index contributed by atoms with van der Waals surface area (Å²) in [6.07, 6.45) is 2.67. The number of aromatic nitrogens is 2. The van der Waals surface area contributed by atoms with Crippen LogP contribution in [-0.2, 0) is 6.42 Å². The van der Waals surface area contributed by atoms with Crippen LogP contribution in [0.4, 0.5) is 0 Å². The summed E-state index contributed by atoms with van der Waals surface area (Å²) < 4.78 is 1.89. The van der Waals surface area contributed by atoms with Crippen LogP contribution in [0.1, 0.15) is 28.7 Å². The van der Waals surface area contributed by atoms with Gasteiger partial charge in [-0.05, 0) is 38.1 Å². The highest BCUT2D eigenvalue weighted by Crippen LogP contribution is 2.15. The Labute approximate surface area is 130 Å². The molecule has 118 valence electrons. The maximum Gasteiger partial charge on any atom is 0.284 e. The zero-order valence-corrected chi connectivity index (χ0v) is 13.5. The molecule has 0 aliphatic carbocycles. The molecule has 2 aromatic rings. The van der Waals surface area contributed by atoms with E-state index in [0.29, 0.717) is 5.69 Å². The summed E-state index contributed by atoms with van der Waals surface area (Å²) in [5.74, 6) is -0.0715. The van der Waals surface area contributed by atoms with Crippen LogP contribution in [0.5, 0.6) is 0 Å². The number of fused-ring (bicyclic) bond motifs is 1. The van der Waals surface area contributed by atoms with Crippen molar-refractivity contribution in [2.45, 2.75) is 20.3 Å². The Morgan fingerprint density at radius 1 is 1.32 bits per heavy atom. The van der Waals surface area contributed by atoms with Gasteiger partial charge in [-0.2, -0.15) is 0 Å². The zero-order valence-electron chi connectivity index (χ0n) is 13.5. The van der Waals surface area contributed by atoms with E-state index in [9.17, 15) is 4.79 Å². The normalized spacial score (nSPS) is 17.0. The fourth-order valence-electron chi connectivity index (χ4n) is 2.80. The van der Waals surface area contributed by atoms with Gasteiger partial charge >= 0.3 is 0 Å². The Balaban J connectivity index is 1.86. The van der Waals surface area contributed by atoms with Gasteiger partial charge in [-0.15, -0.1) is 0 Å². The molecule has 0 radical (unpaired) electrons. The molecule has 1 amide bonds. The second kappa shape index (κ2) is 6.06. The highest BCUT2D eigenvalue weighted by Gasteiger charge is 2.22. The molecule has 0 saturated carbocycles. The summed E-state index contributed by atoms with van der Waals surface area (Å²) in [6, 6.07) is 4.01. The quantitative estimate of drug-likeness (QED) is 0.922. The van der Waals surface area contributed by atoms with Crippen LogP contribution >= 0.6 is 0 Å². The third-order valence-corrected chi connectivity index (χ3v) is 4.17. The Hall–Kier alpha value is -1.92. The largest absolute Gasteiger partial charge is 0.304 e. The molecule has 0 aromatic carbocycles. The predicted molar refractivity (Wildman–Crippen MR) is 85.8 cm³/mol. The highest BCUT2D eigenvalue weighted by atomic mass is 16.2. The molecule has 0 unspecified atom stereocenters. The van der Waals surface area contributed by atoms with E-state index in [-0.39, 0.29) is 5.91 Å². The number of nitrogens with one attached hydrogen (secondary N) is 1. The number of hydrogen-bond acceptors (Lipinski definition) is 4. The topological polar surface area (TPSA) is 52.9 Å². The number of amides is 1. The summed E-state index contributed by atoms with van der Waals surface area (Å²) in [4.78, 5) is 19.6. The van der Waals surface area contributed by atoms with Gasteiger partial charge in [0.05, 0.1) is 5.69 Å². The van der Waals surface area contributed by atoms with Gasteiger partial charge in [-0.3, -0.25) is 14.6 Å². The number of nitrogens with zero attached hydrogens (tertiary/aromatic N) is 4. The first-order chi connectivity index (χ1) is 10.6. The summed E-state index contributed by atoms with van der Waals surface area (Å²) in [5.41, 5.74) is 6.50. The van der Waals surface area contributed by atoms with Crippen molar-refractivity contribution in [2.24, 2.45) is 0 Å². The average molecular weight is 301 g/mol. The lowest BCUT2D eigenvalue weighted by molar-refractivity contribution is 0.0656. The predicted octanol–water partition coefficient (Wildman–Crippen LogP) is 1.10. The lowest BCUT2D eigenvalue weighted by Crippen LogP contribution is -2.52. The van der Waals surface area contributed by atoms with Crippen molar-refractivity contribution < 1.29 is 4.79 Å². The molecule has 1 fully saturated rings.